The van der Waals surface area contributed by atoms with E-state index in [1.807, 2.05) is 44.2 Å². The number of pyridine rings is 1. The molecule has 6 heteroatoms. The summed E-state index contributed by atoms with van der Waals surface area (Å²) in [6.45, 7) is 5.13. The van der Waals surface area contributed by atoms with Gasteiger partial charge < -0.3 is 14.6 Å². The monoisotopic (exact) mass is 379 g/mol. The van der Waals surface area contributed by atoms with Crippen LogP contribution in [0.4, 0.5) is 0 Å². The number of nitrogens with one attached hydrogen (secondary N) is 1. The fourth-order valence-electron chi connectivity index (χ4n) is 3.09. The number of fused-ring (bicyclic) bond motifs is 1. The summed E-state index contributed by atoms with van der Waals surface area (Å²) in [7, 11) is 0. The SMILES string of the molecule is CCCNC(=O)CN(CCC)C(=O)c1cc(-c2ccco2)nc2ccccc12. The van der Waals surface area contributed by atoms with Crippen molar-refractivity contribution in [3.63, 3.8) is 0 Å². The molecule has 0 saturated heterocycles. The van der Waals surface area contributed by atoms with Gasteiger partial charge in [0.05, 0.1) is 23.9 Å². The molecule has 0 fully saturated rings. The van der Waals surface area contributed by atoms with Crippen LogP contribution in [-0.2, 0) is 4.79 Å². The first-order valence-electron chi connectivity index (χ1n) is 9.63. The molecule has 6 nitrogen and oxygen atoms in total. The second-order valence-electron chi connectivity index (χ2n) is 6.63. The molecule has 0 saturated carbocycles. The molecule has 0 aliphatic carbocycles. The fourth-order valence-corrected chi connectivity index (χ4v) is 3.09. The molecule has 146 valence electrons. The van der Waals surface area contributed by atoms with Gasteiger partial charge in [-0.25, -0.2) is 4.98 Å². The van der Waals surface area contributed by atoms with Crippen molar-refractivity contribution in [2.24, 2.45) is 0 Å². The van der Waals surface area contributed by atoms with Gasteiger partial charge in [-0.1, -0.05) is 32.0 Å². The highest BCUT2D eigenvalue weighted by atomic mass is 16.3. The van der Waals surface area contributed by atoms with Crippen LogP contribution in [0.15, 0.2) is 53.1 Å². The minimum atomic E-state index is -0.181. The Hall–Kier alpha value is -3.15. The summed E-state index contributed by atoms with van der Waals surface area (Å²) >= 11 is 0. The molecule has 0 atom stereocenters. The van der Waals surface area contributed by atoms with E-state index in [4.69, 9.17) is 4.42 Å². The van der Waals surface area contributed by atoms with Crippen molar-refractivity contribution >= 4 is 22.7 Å². The summed E-state index contributed by atoms with van der Waals surface area (Å²) in [5.74, 6) is 0.274. The number of nitrogens with zero attached hydrogens (tertiary/aromatic N) is 2. The average molecular weight is 379 g/mol. The van der Waals surface area contributed by atoms with E-state index in [-0.39, 0.29) is 18.4 Å². The van der Waals surface area contributed by atoms with E-state index in [0.29, 0.717) is 35.6 Å². The molecular formula is C22H25N3O3. The molecule has 0 unspecified atom stereocenters. The van der Waals surface area contributed by atoms with Crippen LogP contribution in [0.5, 0.6) is 0 Å². The molecule has 2 heterocycles. The molecule has 2 amide bonds. The Bertz CT molecular complexity index is 951. The first-order valence-corrected chi connectivity index (χ1v) is 9.63. The van der Waals surface area contributed by atoms with Crippen molar-refractivity contribution in [3.8, 4) is 11.5 Å². The largest absolute Gasteiger partial charge is 0.463 e. The summed E-state index contributed by atoms with van der Waals surface area (Å²) in [5, 5.41) is 3.60. The van der Waals surface area contributed by atoms with E-state index < -0.39 is 0 Å². The lowest BCUT2D eigenvalue weighted by atomic mass is 10.1. The van der Waals surface area contributed by atoms with Gasteiger partial charge in [-0.15, -0.1) is 0 Å². The maximum absolute atomic E-state index is 13.4. The van der Waals surface area contributed by atoms with Crippen molar-refractivity contribution in [1.82, 2.24) is 15.2 Å². The average Bonchev–Trinajstić information content (AvgIpc) is 3.25. The summed E-state index contributed by atoms with van der Waals surface area (Å²) in [6.07, 6.45) is 3.20. The lowest BCUT2D eigenvalue weighted by molar-refractivity contribution is -0.121. The highest BCUT2D eigenvalue weighted by Crippen LogP contribution is 2.26. The highest BCUT2D eigenvalue weighted by molar-refractivity contribution is 6.07. The predicted molar refractivity (Wildman–Crippen MR) is 109 cm³/mol. The topological polar surface area (TPSA) is 75.4 Å². The molecule has 3 aromatic rings. The van der Waals surface area contributed by atoms with E-state index in [1.165, 1.54) is 0 Å². The van der Waals surface area contributed by atoms with Gasteiger partial charge >= 0.3 is 0 Å². The van der Waals surface area contributed by atoms with Crippen molar-refractivity contribution < 1.29 is 14.0 Å². The second-order valence-corrected chi connectivity index (χ2v) is 6.63. The minimum absolute atomic E-state index is 0.0411. The van der Waals surface area contributed by atoms with Crippen LogP contribution < -0.4 is 5.32 Å². The van der Waals surface area contributed by atoms with Crippen molar-refractivity contribution in [3.05, 3.63) is 54.3 Å². The number of amides is 2. The van der Waals surface area contributed by atoms with Crippen LogP contribution in [0, 0.1) is 0 Å². The third-order valence-corrected chi connectivity index (χ3v) is 4.41. The summed E-state index contributed by atoms with van der Waals surface area (Å²) < 4.78 is 5.47. The first kappa shape index (κ1) is 19.6. The molecule has 3 rings (SSSR count). The summed E-state index contributed by atoms with van der Waals surface area (Å²) in [6, 6.07) is 12.9. The quantitative estimate of drug-likeness (QED) is 0.645. The molecule has 2 aromatic heterocycles. The van der Waals surface area contributed by atoms with Crippen LogP contribution >= 0.6 is 0 Å². The maximum atomic E-state index is 13.4. The number of carbonyl (C=O) groups is 2. The van der Waals surface area contributed by atoms with Gasteiger partial charge in [-0.3, -0.25) is 9.59 Å². The zero-order chi connectivity index (χ0) is 19.9. The van der Waals surface area contributed by atoms with Gasteiger partial charge in [0.1, 0.15) is 5.69 Å². The normalized spacial score (nSPS) is 10.8. The summed E-state index contributed by atoms with van der Waals surface area (Å²) in [5.41, 5.74) is 1.83. The van der Waals surface area contributed by atoms with Gasteiger partial charge in [-0.05, 0) is 37.1 Å². The zero-order valence-corrected chi connectivity index (χ0v) is 16.3. The van der Waals surface area contributed by atoms with Crippen LogP contribution in [0.1, 0.15) is 37.0 Å². The summed E-state index contributed by atoms with van der Waals surface area (Å²) in [4.78, 5) is 31.8. The number of rotatable bonds is 8. The Kier molecular flexibility index (Phi) is 6.42. The third kappa shape index (κ3) is 4.39. The Morgan fingerprint density at radius 3 is 2.64 bits per heavy atom. The predicted octanol–water partition coefficient (Wildman–Crippen LogP) is 3.87. The van der Waals surface area contributed by atoms with E-state index in [2.05, 4.69) is 10.3 Å². The van der Waals surface area contributed by atoms with Crippen molar-refractivity contribution in [1.29, 1.82) is 0 Å². The van der Waals surface area contributed by atoms with E-state index in [1.54, 1.807) is 23.3 Å². The molecule has 0 aliphatic heterocycles. The maximum Gasteiger partial charge on any atom is 0.255 e. The Morgan fingerprint density at radius 2 is 1.93 bits per heavy atom. The molecule has 28 heavy (non-hydrogen) atoms. The molecule has 1 N–H and O–H groups in total. The number of benzene rings is 1. The van der Waals surface area contributed by atoms with Gasteiger partial charge in [0.25, 0.3) is 5.91 Å². The minimum Gasteiger partial charge on any atom is -0.463 e. The van der Waals surface area contributed by atoms with Gasteiger partial charge in [-0.2, -0.15) is 0 Å². The molecule has 0 radical (unpaired) electrons. The number of hydrogen-bond donors (Lipinski definition) is 1. The van der Waals surface area contributed by atoms with Gasteiger partial charge in [0.15, 0.2) is 5.76 Å². The lowest BCUT2D eigenvalue weighted by Gasteiger charge is -2.22. The van der Waals surface area contributed by atoms with E-state index >= 15 is 0 Å². The Morgan fingerprint density at radius 1 is 1.11 bits per heavy atom. The van der Waals surface area contributed by atoms with Crippen LogP contribution in [0.3, 0.4) is 0 Å². The number of hydrogen-bond acceptors (Lipinski definition) is 4. The smallest absolute Gasteiger partial charge is 0.255 e. The van der Waals surface area contributed by atoms with Gasteiger partial charge in [0, 0.05) is 18.5 Å². The van der Waals surface area contributed by atoms with Crippen LogP contribution in [0.25, 0.3) is 22.4 Å². The Balaban J connectivity index is 1.99. The second kappa shape index (κ2) is 9.17. The van der Waals surface area contributed by atoms with Crippen LogP contribution in [-0.4, -0.2) is 41.3 Å². The number of para-hydroxylation sites is 1. The fraction of sp³-hybridized carbons (Fsp3) is 0.318. The van der Waals surface area contributed by atoms with Crippen LogP contribution in [0.2, 0.25) is 0 Å². The third-order valence-electron chi connectivity index (χ3n) is 4.41. The molecule has 1 aromatic carbocycles. The molecule has 0 aliphatic rings. The molecule has 0 spiro atoms. The number of carbonyl (C=O) groups excluding carboxylic acids is 2. The molecular weight excluding hydrogens is 354 g/mol. The van der Waals surface area contributed by atoms with Crippen molar-refractivity contribution in [2.45, 2.75) is 26.7 Å². The standard InChI is InChI=1S/C22H25N3O3/c1-3-11-23-21(26)15-25(12-4-2)22(27)17-14-19(20-10-7-13-28-20)24-18-9-6-5-8-16(17)18/h5-10,13-14H,3-4,11-12,15H2,1-2H3,(H,23,26). The Labute approximate surface area is 164 Å². The van der Waals surface area contributed by atoms with Crippen molar-refractivity contribution in [2.75, 3.05) is 19.6 Å². The van der Waals surface area contributed by atoms with E-state index in [9.17, 15) is 9.59 Å². The van der Waals surface area contributed by atoms with E-state index in [0.717, 1.165) is 18.2 Å². The number of furan rings is 1. The lowest BCUT2D eigenvalue weighted by Crippen LogP contribution is -2.41. The first-order chi connectivity index (χ1) is 13.6. The zero-order valence-electron chi connectivity index (χ0n) is 16.3. The van der Waals surface area contributed by atoms with Gasteiger partial charge in [0.2, 0.25) is 5.91 Å². The highest BCUT2D eigenvalue weighted by Gasteiger charge is 2.22. The molecule has 0 bridgehead atoms. The number of aromatic nitrogens is 1.